The summed E-state index contributed by atoms with van der Waals surface area (Å²) < 4.78 is 0. The number of aliphatic hydroxyl groups excluding tert-OH is 1. The van der Waals surface area contributed by atoms with Crippen LogP contribution in [-0.4, -0.2) is 82.3 Å². The summed E-state index contributed by atoms with van der Waals surface area (Å²) in [7, 11) is 0. The molecule has 0 aromatic rings. The molecule has 0 aliphatic rings. The van der Waals surface area contributed by atoms with Crippen molar-refractivity contribution in [2.24, 2.45) is 17.4 Å². The number of carbonyl (C=O) groups excluding carboxylic acids is 3. The second-order valence-electron chi connectivity index (χ2n) is 7.70. The van der Waals surface area contributed by atoms with Crippen LogP contribution in [-0.2, 0) is 24.0 Å². The number of carboxylic acid groups (broad SMARTS) is 2. The van der Waals surface area contributed by atoms with Crippen LogP contribution in [0.5, 0.6) is 0 Å². The van der Waals surface area contributed by atoms with E-state index in [1.165, 1.54) is 0 Å². The maximum Gasteiger partial charge on any atom is 0.326 e. The van der Waals surface area contributed by atoms with Crippen LogP contribution in [0.1, 0.15) is 46.0 Å². The highest BCUT2D eigenvalue weighted by molar-refractivity contribution is 5.94. The number of rotatable bonds is 16. The first-order chi connectivity index (χ1) is 14.9. The first kappa shape index (κ1) is 29.2. The molecule has 0 fully saturated rings. The van der Waals surface area contributed by atoms with Gasteiger partial charge in [0.2, 0.25) is 17.7 Å². The lowest BCUT2D eigenvalue weighted by Crippen LogP contribution is -2.59. The topological polar surface area (TPSA) is 234 Å². The van der Waals surface area contributed by atoms with E-state index in [1.807, 2.05) is 0 Å². The van der Waals surface area contributed by atoms with Crippen molar-refractivity contribution < 1.29 is 39.3 Å². The Hall–Kier alpha value is -2.77. The Kier molecular flexibility index (Phi) is 13.8. The number of nitrogens with one attached hydrogen (secondary N) is 3. The zero-order valence-corrected chi connectivity index (χ0v) is 18.4. The molecule has 0 aliphatic heterocycles. The summed E-state index contributed by atoms with van der Waals surface area (Å²) >= 11 is 0. The molecular weight excluding hydrogens is 426 g/mol. The Morgan fingerprint density at radius 1 is 0.844 bits per heavy atom. The predicted molar refractivity (Wildman–Crippen MR) is 113 cm³/mol. The number of aliphatic carboxylic acids is 2. The van der Waals surface area contributed by atoms with Crippen LogP contribution < -0.4 is 27.4 Å². The smallest absolute Gasteiger partial charge is 0.326 e. The van der Waals surface area contributed by atoms with Crippen molar-refractivity contribution in [3.63, 3.8) is 0 Å². The normalized spacial score (nSPS) is 14.7. The van der Waals surface area contributed by atoms with E-state index in [0.717, 1.165) is 0 Å². The molecule has 0 aromatic carbocycles. The van der Waals surface area contributed by atoms with E-state index < -0.39 is 66.4 Å². The fourth-order valence-corrected chi connectivity index (χ4v) is 2.68. The molecule has 0 aromatic heterocycles. The van der Waals surface area contributed by atoms with Gasteiger partial charge in [-0.3, -0.25) is 19.2 Å². The fourth-order valence-electron chi connectivity index (χ4n) is 2.68. The van der Waals surface area contributed by atoms with Gasteiger partial charge < -0.3 is 42.7 Å². The lowest BCUT2D eigenvalue weighted by Gasteiger charge is -2.26. The number of carboxylic acids is 2. The monoisotopic (exact) mass is 461 g/mol. The van der Waals surface area contributed by atoms with Gasteiger partial charge in [-0.25, -0.2) is 4.79 Å². The Morgan fingerprint density at radius 3 is 1.91 bits per heavy atom. The van der Waals surface area contributed by atoms with Crippen LogP contribution in [0, 0.1) is 5.92 Å². The molecule has 0 saturated heterocycles. The average Bonchev–Trinajstić information content (AvgIpc) is 2.72. The summed E-state index contributed by atoms with van der Waals surface area (Å²) in [5, 5.41) is 34.4. The molecule has 0 aliphatic carbocycles. The molecule has 0 saturated carbocycles. The van der Waals surface area contributed by atoms with Gasteiger partial charge in [0.1, 0.15) is 18.1 Å². The van der Waals surface area contributed by atoms with Crippen molar-refractivity contribution in [1.29, 1.82) is 0 Å². The van der Waals surface area contributed by atoms with Crippen LogP contribution in [0.25, 0.3) is 0 Å². The van der Waals surface area contributed by atoms with Crippen LogP contribution in [0.2, 0.25) is 0 Å². The highest BCUT2D eigenvalue weighted by Crippen LogP contribution is 2.06. The molecule has 184 valence electrons. The van der Waals surface area contributed by atoms with Gasteiger partial charge in [0.15, 0.2) is 0 Å². The number of nitrogens with two attached hydrogens (primary N) is 2. The number of amides is 3. The lowest BCUT2D eigenvalue weighted by atomic mass is 10.0. The number of aliphatic hydroxyl groups is 1. The first-order valence-electron chi connectivity index (χ1n) is 10.4. The minimum Gasteiger partial charge on any atom is -0.481 e. The largest absolute Gasteiger partial charge is 0.481 e. The molecule has 0 heterocycles. The van der Waals surface area contributed by atoms with E-state index in [0.29, 0.717) is 19.4 Å². The SMILES string of the molecule is CC(C)C(NC(=O)C(N)CCC(=O)O)C(=O)NC(CO)C(=O)NC(CCCCN)C(=O)O. The predicted octanol–water partition coefficient (Wildman–Crippen LogP) is -2.51. The summed E-state index contributed by atoms with van der Waals surface area (Å²) in [6, 6.07) is -4.94. The standard InChI is InChI=1S/C19H35N5O8/c1-10(2)15(24-16(28)11(21)6-7-14(26)27)18(30)23-13(9-25)17(29)22-12(19(31)32)5-3-4-8-20/h10-13,15,25H,3-9,20-21H2,1-2H3,(H,22,29)(H,23,30)(H,24,28)(H,26,27)(H,31,32). The number of hydrogen-bond acceptors (Lipinski definition) is 8. The van der Waals surface area contributed by atoms with Crippen LogP contribution in [0.3, 0.4) is 0 Å². The van der Waals surface area contributed by atoms with Gasteiger partial charge in [-0.05, 0) is 38.1 Å². The third-order valence-corrected chi connectivity index (χ3v) is 4.63. The third kappa shape index (κ3) is 11.0. The van der Waals surface area contributed by atoms with E-state index in [-0.39, 0.29) is 19.3 Å². The highest BCUT2D eigenvalue weighted by Gasteiger charge is 2.31. The Morgan fingerprint density at radius 2 is 1.44 bits per heavy atom. The Balaban J connectivity index is 5.08. The average molecular weight is 462 g/mol. The summed E-state index contributed by atoms with van der Waals surface area (Å²) in [5.41, 5.74) is 11.0. The maximum atomic E-state index is 12.6. The van der Waals surface area contributed by atoms with E-state index >= 15 is 0 Å². The van der Waals surface area contributed by atoms with Gasteiger partial charge in [-0.15, -0.1) is 0 Å². The highest BCUT2D eigenvalue weighted by atomic mass is 16.4. The van der Waals surface area contributed by atoms with Crippen LogP contribution >= 0.6 is 0 Å². The van der Waals surface area contributed by atoms with E-state index in [1.54, 1.807) is 13.8 Å². The second-order valence-corrected chi connectivity index (χ2v) is 7.70. The molecule has 0 radical (unpaired) electrons. The molecule has 0 bridgehead atoms. The molecule has 3 amide bonds. The van der Waals surface area contributed by atoms with Gasteiger partial charge in [-0.2, -0.15) is 0 Å². The lowest BCUT2D eigenvalue weighted by molar-refractivity contribution is -0.143. The molecule has 4 atom stereocenters. The molecule has 0 spiro atoms. The minimum absolute atomic E-state index is 0.128. The van der Waals surface area contributed by atoms with Crippen molar-refractivity contribution >= 4 is 29.7 Å². The van der Waals surface area contributed by atoms with E-state index in [9.17, 15) is 34.2 Å². The van der Waals surface area contributed by atoms with Crippen LogP contribution in [0.4, 0.5) is 0 Å². The number of unbranched alkanes of at least 4 members (excludes halogenated alkanes) is 1. The number of hydrogen-bond donors (Lipinski definition) is 8. The summed E-state index contributed by atoms with van der Waals surface area (Å²) in [6.07, 6.45) is 0.715. The van der Waals surface area contributed by atoms with Gasteiger partial charge in [0.05, 0.1) is 12.6 Å². The zero-order valence-electron chi connectivity index (χ0n) is 18.4. The molecular formula is C19H35N5O8. The van der Waals surface area contributed by atoms with Crippen molar-refractivity contribution in [1.82, 2.24) is 16.0 Å². The van der Waals surface area contributed by atoms with Crippen molar-refractivity contribution in [2.45, 2.75) is 70.1 Å². The molecule has 0 rings (SSSR count). The summed E-state index contributed by atoms with van der Waals surface area (Å²) in [6.45, 7) is 2.82. The van der Waals surface area contributed by atoms with Crippen molar-refractivity contribution in [3.8, 4) is 0 Å². The third-order valence-electron chi connectivity index (χ3n) is 4.63. The van der Waals surface area contributed by atoms with Gasteiger partial charge >= 0.3 is 11.9 Å². The minimum atomic E-state index is -1.45. The second kappa shape index (κ2) is 15.1. The summed E-state index contributed by atoms with van der Waals surface area (Å²) in [4.78, 5) is 59.2. The molecule has 4 unspecified atom stereocenters. The Bertz CT molecular complexity index is 658. The van der Waals surface area contributed by atoms with Crippen molar-refractivity contribution in [2.75, 3.05) is 13.2 Å². The van der Waals surface area contributed by atoms with Crippen molar-refractivity contribution in [3.05, 3.63) is 0 Å². The first-order valence-corrected chi connectivity index (χ1v) is 10.4. The van der Waals surface area contributed by atoms with Gasteiger partial charge in [-0.1, -0.05) is 13.8 Å². The zero-order chi connectivity index (χ0) is 24.8. The number of carbonyl (C=O) groups is 5. The molecule has 32 heavy (non-hydrogen) atoms. The van der Waals surface area contributed by atoms with E-state index in [4.69, 9.17) is 16.6 Å². The van der Waals surface area contributed by atoms with Gasteiger partial charge in [0.25, 0.3) is 0 Å². The molecule has 13 heteroatoms. The Labute approximate surface area is 186 Å². The van der Waals surface area contributed by atoms with Gasteiger partial charge in [0, 0.05) is 6.42 Å². The van der Waals surface area contributed by atoms with Crippen LogP contribution in [0.15, 0.2) is 0 Å². The quantitative estimate of drug-likeness (QED) is 0.112. The molecule has 10 N–H and O–H groups in total. The fraction of sp³-hybridized carbons (Fsp3) is 0.737. The maximum absolute atomic E-state index is 12.6. The summed E-state index contributed by atoms with van der Waals surface area (Å²) in [5.74, 6) is -5.24. The molecule has 13 nitrogen and oxygen atoms in total. The van der Waals surface area contributed by atoms with E-state index in [2.05, 4.69) is 16.0 Å².